The van der Waals surface area contributed by atoms with Crippen LogP contribution in [0.5, 0.6) is 5.75 Å². The van der Waals surface area contributed by atoms with Crippen LogP contribution in [-0.4, -0.2) is 36.3 Å². The van der Waals surface area contributed by atoms with Gasteiger partial charge in [0.2, 0.25) is 0 Å². The zero-order valence-corrected chi connectivity index (χ0v) is 15.9. The van der Waals surface area contributed by atoms with Crippen molar-refractivity contribution in [3.05, 3.63) is 26.6 Å². The van der Waals surface area contributed by atoms with E-state index in [0.29, 0.717) is 21.7 Å². The zero-order valence-electron chi connectivity index (χ0n) is 12.7. The molecule has 6 heteroatoms. The molecule has 1 fully saturated rings. The van der Waals surface area contributed by atoms with Gasteiger partial charge in [0, 0.05) is 17.6 Å². The largest absolute Gasteiger partial charge is 0.482 e. The smallest absolute Gasteiger partial charge is 0.260 e. The monoisotopic (exact) mass is 431 g/mol. The summed E-state index contributed by atoms with van der Waals surface area (Å²) in [5, 5.41) is 0. The van der Waals surface area contributed by atoms with Crippen LogP contribution < -0.4 is 4.74 Å². The van der Waals surface area contributed by atoms with E-state index in [4.69, 9.17) is 4.74 Å². The van der Waals surface area contributed by atoms with Gasteiger partial charge in [-0.2, -0.15) is 0 Å². The number of nitrogens with zero attached hydrogens (tertiary/aromatic N) is 1. The molecule has 0 bridgehead atoms. The van der Waals surface area contributed by atoms with Crippen LogP contribution in [0.4, 0.5) is 0 Å². The van der Waals surface area contributed by atoms with Crippen LogP contribution in [0.15, 0.2) is 21.1 Å². The van der Waals surface area contributed by atoms with Gasteiger partial charge in [-0.25, -0.2) is 0 Å². The Labute approximate surface area is 147 Å². The Morgan fingerprint density at radius 2 is 2.09 bits per heavy atom. The third-order valence-electron chi connectivity index (χ3n) is 3.74. The number of carbonyl (C=O) groups excluding carboxylic acids is 2. The molecule has 120 valence electrons. The highest BCUT2D eigenvalue weighted by molar-refractivity contribution is 9.11. The molecule has 4 nitrogen and oxygen atoms in total. The molecule has 0 saturated carbocycles. The van der Waals surface area contributed by atoms with Crippen molar-refractivity contribution in [2.45, 2.75) is 26.7 Å². The molecule has 0 aromatic heterocycles. The Bertz CT molecular complexity index is 589. The van der Waals surface area contributed by atoms with Crippen molar-refractivity contribution in [1.82, 2.24) is 4.90 Å². The van der Waals surface area contributed by atoms with Crippen LogP contribution in [0.25, 0.3) is 0 Å². The second-order valence-electron chi connectivity index (χ2n) is 5.70. The van der Waals surface area contributed by atoms with Crippen LogP contribution >= 0.6 is 31.9 Å². The molecule has 1 aromatic carbocycles. The highest BCUT2D eigenvalue weighted by Gasteiger charge is 2.22. The predicted octanol–water partition coefficient (Wildman–Crippen LogP) is 4.05. The van der Waals surface area contributed by atoms with Crippen LogP contribution in [0.3, 0.4) is 0 Å². The standard InChI is InChI=1S/C16H19Br2NO3/c1-10-4-3-5-19(8-10)15(21)9-22-16-13(11(2)20)6-12(17)7-14(16)18/h6-7,10H,3-5,8-9H2,1-2H3/t10-/m0/s1. The van der Waals surface area contributed by atoms with E-state index in [2.05, 4.69) is 38.8 Å². The van der Waals surface area contributed by atoms with Gasteiger partial charge in [-0.3, -0.25) is 9.59 Å². The van der Waals surface area contributed by atoms with Crippen LogP contribution in [-0.2, 0) is 4.79 Å². The van der Waals surface area contributed by atoms with Crippen LogP contribution in [0.1, 0.15) is 37.0 Å². The number of hydrogen-bond donors (Lipinski definition) is 0. The summed E-state index contributed by atoms with van der Waals surface area (Å²) in [6.07, 6.45) is 2.20. The maximum atomic E-state index is 12.3. The lowest BCUT2D eigenvalue weighted by atomic mass is 10.0. The Morgan fingerprint density at radius 1 is 1.36 bits per heavy atom. The van der Waals surface area contributed by atoms with E-state index in [1.807, 2.05) is 4.90 Å². The summed E-state index contributed by atoms with van der Waals surface area (Å²) >= 11 is 6.74. The lowest BCUT2D eigenvalue weighted by Crippen LogP contribution is -2.41. The summed E-state index contributed by atoms with van der Waals surface area (Å²) in [5.41, 5.74) is 0.459. The Hall–Kier alpha value is -0.880. The fourth-order valence-corrected chi connectivity index (χ4v) is 3.95. The van der Waals surface area contributed by atoms with Crippen molar-refractivity contribution in [2.24, 2.45) is 5.92 Å². The molecule has 0 aliphatic carbocycles. The van der Waals surface area contributed by atoms with Gasteiger partial charge in [-0.1, -0.05) is 22.9 Å². The number of rotatable bonds is 4. The quantitative estimate of drug-likeness (QED) is 0.674. The molecule has 1 saturated heterocycles. The lowest BCUT2D eigenvalue weighted by molar-refractivity contribution is -0.135. The Kier molecular flexibility index (Phi) is 6.03. The van der Waals surface area contributed by atoms with Gasteiger partial charge in [-0.15, -0.1) is 0 Å². The number of hydrogen-bond acceptors (Lipinski definition) is 3. The summed E-state index contributed by atoms with van der Waals surface area (Å²) in [7, 11) is 0. The average Bonchev–Trinajstić information content (AvgIpc) is 2.45. The highest BCUT2D eigenvalue weighted by Crippen LogP contribution is 2.33. The minimum Gasteiger partial charge on any atom is -0.482 e. The van der Waals surface area contributed by atoms with E-state index in [9.17, 15) is 9.59 Å². The maximum Gasteiger partial charge on any atom is 0.260 e. The predicted molar refractivity (Wildman–Crippen MR) is 92.3 cm³/mol. The summed E-state index contributed by atoms with van der Waals surface area (Å²) in [6, 6.07) is 3.51. The van der Waals surface area contributed by atoms with Crippen molar-refractivity contribution in [3.8, 4) is 5.75 Å². The van der Waals surface area contributed by atoms with Crippen molar-refractivity contribution in [1.29, 1.82) is 0 Å². The normalized spacial score (nSPS) is 18.2. The van der Waals surface area contributed by atoms with Crippen LogP contribution in [0.2, 0.25) is 0 Å². The first-order valence-corrected chi connectivity index (χ1v) is 8.87. The second-order valence-corrected chi connectivity index (χ2v) is 7.47. The molecule has 0 unspecified atom stereocenters. The van der Waals surface area contributed by atoms with Crippen molar-refractivity contribution in [2.75, 3.05) is 19.7 Å². The van der Waals surface area contributed by atoms with E-state index in [0.717, 1.165) is 30.4 Å². The van der Waals surface area contributed by atoms with Crippen molar-refractivity contribution < 1.29 is 14.3 Å². The van der Waals surface area contributed by atoms with Gasteiger partial charge in [0.25, 0.3) is 5.91 Å². The fraction of sp³-hybridized carbons (Fsp3) is 0.500. The Morgan fingerprint density at radius 3 is 2.73 bits per heavy atom. The van der Waals surface area contributed by atoms with E-state index in [-0.39, 0.29) is 18.3 Å². The van der Waals surface area contributed by atoms with Gasteiger partial charge in [-0.05, 0) is 53.7 Å². The van der Waals surface area contributed by atoms with Gasteiger partial charge in [0.05, 0.1) is 10.0 Å². The maximum absolute atomic E-state index is 12.3. The lowest BCUT2D eigenvalue weighted by Gasteiger charge is -2.31. The number of Topliss-reactive ketones (excluding diaryl/α,β-unsaturated/α-hetero) is 1. The second kappa shape index (κ2) is 7.59. The average molecular weight is 433 g/mol. The first kappa shape index (κ1) is 17.5. The molecule has 1 aliphatic rings. The number of benzene rings is 1. The molecule has 0 N–H and O–H groups in total. The third-order valence-corrected chi connectivity index (χ3v) is 4.78. The van der Waals surface area contributed by atoms with Gasteiger partial charge < -0.3 is 9.64 Å². The van der Waals surface area contributed by atoms with Crippen LogP contribution in [0, 0.1) is 5.92 Å². The zero-order chi connectivity index (χ0) is 16.3. The molecule has 2 rings (SSSR count). The molecule has 1 amide bonds. The number of likely N-dealkylation sites (tertiary alicyclic amines) is 1. The third kappa shape index (κ3) is 4.32. The fourth-order valence-electron chi connectivity index (χ4n) is 2.61. The minimum atomic E-state index is -0.101. The molecule has 1 heterocycles. The van der Waals surface area contributed by atoms with E-state index < -0.39 is 0 Å². The number of halogens is 2. The molecular formula is C16H19Br2NO3. The molecule has 0 spiro atoms. The number of carbonyl (C=O) groups is 2. The molecule has 1 atom stereocenters. The molecular weight excluding hydrogens is 414 g/mol. The summed E-state index contributed by atoms with van der Waals surface area (Å²) < 4.78 is 7.10. The van der Waals surface area contributed by atoms with E-state index in [1.165, 1.54) is 6.92 Å². The topological polar surface area (TPSA) is 46.6 Å². The number of ketones is 1. The first-order valence-electron chi connectivity index (χ1n) is 7.29. The number of ether oxygens (including phenoxy) is 1. The number of piperidine rings is 1. The van der Waals surface area contributed by atoms with E-state index in [1.54, 1.807) is 12.1 Å². The highest BCUT2D eigenvalue weighted by atomic mass is 79.9. The Balaban J connectivity index is 2.08. The molecule has 22 heavy (non-hydrogen) atoms. The van der Waals surface area contributed by atoms with Gasteiger partial charge >= 0.3 is 0 Å². The molecule has 0 radical (unpaired) electrons. The van der Waals surface area contributed by atoms with Gasteiger partial charge in [0.1, 0.15) is 5.75 Å². The molecule has 1 aromatic rings. The van der Waals surface area contributed by atoms with Crippen molar-refractivity contribution >= 4 is 43.6 Å². The van der Waals surface area contributed by atoms with Crippen molar-refractivity contribution in [3.63, 3.8) is 0 Å². The summed E-state index contributed by atoms with van der Waals surface area (Å²) in [5.74, 6) is 0.825. The molecule has 1 aliphatic heterocycles. The summed E-state index contributed by atoms with van der Waals surface area (Å²) in [4.78, 5) is 25.9. The SMILES string of the molecule is CC(=O)c1cc(Br)cc(Br)c1OCC(=O)N1CCC[C@H](C)C1. The minimum absolute atomic E-state index is 0.0316. The van der Waals surface area contributed by atoms with Gasteiger partial charge in [0.15, 0.2) is 12.4 Å². The summed E-state index contributed by atoms with van der Waals surface area (Å²) in [6.45, 7) is 5.15. The number of amides is 1. The first-order chi connectivity index (χ1) is 10.4. The van der Waals surface area contributed by atoms with E-state index >= 15 is 0 Å².